The van der Waals surface area contributed by atoms with E-state index in [0.29, 0.717) is 0 Å². The molecule has 1 rings (SSSR count). The van der Waals surface area contributed by atoms with Crippen LogP contribution in [0.5, 0.6) is 0 Å². The van der Waals surface area contributed by atoms with E-state index < -0.39 is 0 Å². The topological polar surface area (TPSA) is 6.48 Å². The summed E-state index contributed by atoms with van der Waals surface area (Å²) in [7, 11) is 0. The fraction of sp³-hybridized carbons (Fsp3) is 1.00. The molecule has 2 heteroatoms. The Kier molecular flexibility index (Phi) is 8.70. The summed E-state index contributed by atoms with van der Waals surface area (Å²) in [5, 5.41) is 0. The maximum Gasteiger partial charge on any atom is 0.0223 e. The van der Waals surface area contributed by atoms with Crippen molar-refractivity contribution < 1.29 is 0 Å². The molecule has 0 saturated carbocycles. The van der Waals surface area contributed by atoms with E-state index in [9.17, 15) is 0 Å². The first-order valence-electron chi connectivity index (χ1n) is 8.28. The van der Waals surface area contributed by atoms with Crippen LogP contribution in [-0.2, 0) is 0 Å². The molecule has 1 unspecified atom stereocenters. The summed E-state index contributed by atoms with van der Waals surface area (Å²) >= 11 is 0. The van der Waals surface area contributed by atoms with Crippen LogP contribution in [0.15, 0.2) is 0 Å². The molecule has 1 saturated heterocycles. The molecule has 2 nitrogen and oxygen atoms in total. The van der Waals surface area contributed by atoms with Gasteiger partial charge in [-0.1, -0.05) is 46.5 Å². The van der Waals surface area contributed by atoms with Crippen molar-refractivity contribution in [1.29, 1.82) is 0 Å². The van der Waals surface area contributed by atoms with E-state index in [0.717, 1.165) is 6.04 Å². The highest BCUT2D eigenvalue weighted by molar-refractivity contribution is 4.79. The summed E-state index contributed by atoms with van der Waals surface area (Å²) in [5.41, 5.74) is 0. The summed E-state index contributed by atoms with van der Waals surface area (Å²) in [4.78, 5) is 5.37. The van der Waals surface area contributed by atoms with Gasteiger partial charge in [0, 0.05) is 12.6 Å². The molecule has 0 aromatic heterocycles. The quantitative estimate of drug-likeness (QED) is 0.578. The van der Waals surface area contributed by atoms with Gasteiger partial charge in [0.2, 0.25) is 0 Å². The van der Waals surface area contributed by atoms with E-state index in [4.69, 9.17) is 0 Å². The molecular formula is C16H34N2. The standard InChI is InChI=1S/C16H34N2/c1-4-7-8-10-13-18-14-11-9-12-16(18)15-17(5-2)6-3/h16H,4-15H2,1-3H3. The van der Waals surface area contributed by atoms with Gasteiger partial charge in [0.1, 0.15) is 0 Å². The normalized spacial score (nSPS) is 21.7. The van der Waals surface area contributed by atoms with E-state index in [2.05, 4.69) is 30.6 Å². The highest BCUT2D eigenvalue weighted by Crippen LogP contribution is 2.19. The van der Waals surface area contributed by atoms with Crippen molar-refractivity contribution >= 4 is 0 Å². The average molecular weight is 254 g/mol. The van der Waals surface area contributed by atoms with Crippen LogP contribution in [0.25, 0.3) is 0 Å². The number of rotatable bonds is 9. The van der Waals surface area contributed by atoms with Gasteiger partial charge >= 0.3 is 0 Å². The summed E-state index contributed by atoms with van der Waals surface area (Å²) in [5.74, 6) is 0. The number of hydrogen-bond acceptors (Lipinski definition) is 2. The molecule has 18 heavy (non-hydrogen) atoms. The third kappa shape index (κ3) is 5.71. The Balaban J connectivity index is 2.31. The van der Waals surface area contributed by atoms with Crippen LogP contribution in [0.4, 0.5) is 0 Å². The number of unbranched alkanes of at least 4 members (excludes halogenated alkanes) is 3. The van der Waals surface area contributed by atoms with Gasteiger partial charge in [0.05, 0.1) is 0 Å². The monoisotopic (exact) mass is 254 g/mol. The van der Waals surface area contributed by atoms with Crippen molar-refractivity contribution in [2.45, 2.75) is 71.8 Å². The molecule has 0 N–H and O–H groups in total. The van der Waals surface area contributed by atoms with Crippen LogP contribution >= 0.6 is 0 Å². The van der Waals surface area contributed by atoms with Gasteiger partial charge in [0.15, 0.2) is 0 Å². The molecule has 0 spiro atoms. The van der Waals surface area contributed by atoms with Crippen LogP contribution in [0.1, 0.15) is 65.7 Å². The third-order valence-electron chi connectivity index (χ3n) is 4.41. The molecule has 0 aliphatic carbocycles. The van der Waals surface area contributed by atoms with E-state index in [1.807, 2.05) is 0 Å². The molecule has 1 aliphatic rings. The van der Waals surface area contributed by atoms with Crippen LogP contribution in [0.2, 0.25) is 0 Å². The van der Waals surface area contributed by atoms with Crippen molar-refractivity contribution in [3.05, 3.63) is 0 Å². The Morgan fingerprint density at radius 2 is 1.78 bits per heavy atom. The van der Waals surface area contributed by atoms with Gasteiger partial charge in [-0.3, -0.25) is 4.90 Å². The summed E-state index contributed by atoms with van der Waals surface area (Å²) in [6, 6.07) is 0.834. The fourth-order valence-electron chi connectivity index (χ4n) is 3.08. The number of piperidine rings is 1. The predicted octanol–water partition coefficient (Wildman–Crippen LogP) is 3.76. The van der Waals surface area contributed by atoms with E-state index >= 15 is 0 Å². The van der Waals surface area contributed by atoms with E-state index in [-0.39, 0.29) is 0 Å². The second-order valence-electron chi connectivity index (χ2n) is 5.73. The molecule has 1 heterocycles. The molecule has 1 fully saturated rings. The molecule has 0 bridgehead atoms. The molecule has 0 aromatic carbocycles. The number of nitrogens with zero attached hydrogens (tertiary/aromatic N) is 2. The Bertz CT molecular complexity index is 190. The SMILES string of the molecule is CCCCCCN1CCCCC1CN(CC)CC. The molecule has 1 atom stereocenters. The van der Waals surface area contributed by atoms with Gasteiger partial charge < -0.3 is 4.90 Å². The third-order valence-corrected chi connectivity index (χ3v) is 4.41. The van der Waals surface area contributed by atoms with Crippen LogP contribution in [-0.4, -0.2) is 48.6 Å². The summed E-state index contributed by atoms with van der Waals surface area (Å²) < 4.78 is 0. The van der Waals surface area contributed by atoms with Gasteiger partial charge in [-0.2, -0.15) is 0 Å². The highest BCUT2D eigenvalue weighted by atomic mass is 15.2. The Hall–Kier alpha value is -0.0800. The zero-order chi connectivity index (χ0) is 13.2. The Morgan fingerprint density at radius 3 is 2.44 bits per heavy atom. The van der Waals surface area contributed by atoms with Crippen molar-refractivity contribution in [3.8, 4) is 0 Å². The van der Waals surface area contributed by atoms with Crippen LogP contribution < -0.4 is 0 Å². The lowest BCUT2D eigenvalue weighted by molar-refractivity contribution is 0.106. The number of hydrogen-bond donors (Lipinski definition) is 0. The van der Waals surface area contributed by atoms with Crippen molar-refractivity contribution in [3.63, 3.8) is 0 Å². The van der Waals surface area contributed by atoms with Gasteiger partial charge in [-0.25, -0.2) is 0 Å². The minimum atomic E-state index is 0.834. The number of likely N-dealkylation sites (N-methyl/N-ethyl adjacent to an activating group) is 1. The zero-order valence-corrected chi connectivity index (χ0v) is 13.0. The lowest BCUT2D eigenvalue weighted by atomic mass is 10.0. The van der Waals surface area contributed by atoms with Crippen molar-refractivity contribution in [2.75, 3.05) is 32.7 Å². The zero-order valence-electron chi connectivity index (χ0n) is 13.0. The molecular weight excluding hydrogens is 220 g/mol. The smallest absolute Gasteiger partial charge is 0.0223 e. The second kappa shape index (κ2) is 9.80. The largest absolute Gasteiger partial charge is 0.302 e. The summed E-state index contributed by atoms with van der Waals surface area (Å²) in [6.07, 6.45) is 9.87. The Labute approximate surface area is 115 Å². The van der Waals surface area contributed by atoms with Crippen molar-refractivity contribution in [2.24, 2.45) is 0 Å². The molecule has 0 aromatic rings. The Morgan fingerprint density at radius 1 is 1.00 bits per heavy atom. The first-order chi connectivity index (χ1) is 8.81. The summed E-state index contributed by atoms with van der Waals surface area (Å²) in [6.45, 7) is 13.3. The maximum atomic E-state index is 2.78. The average Bonchev–Trinajstić information content (AvgIpc) is 2.42. The molecule has 108 valence electrons. The highest BCUT2D eigenvalue weighted by Gasteiger charge is 2.23. The molecule has 0 amide bonds. The lowest BCUT2D eigenvalue weighted by Gasteiger charge is -2.38. The van der Waals surface area contributed by atoms with Gasteiger partial charge in [0.25, 0.3) is 0 Å². The minimum absolute atomic E-state index is 0.834. The predicted molar refractivity (Wildman–Crippen MR) is 81.1 cm³/mol. The molecule has 1 aliphatic heterocycles. The van der Waals surface area contributed by atoms with Crippen LogP contribution in [0, 0.1) is 0 Å². The first kappa shape index (κ1) is 16.0. The number of likely N-dealkylation sites (tertiary alicyclic amines) is 1. The first-order valence-corrected chi connectivity index (χ1v) is 8.28. The van der Waals surface area contributed by atoms with E-state index in [1.54, 1.807) is 0 Å². The molecule has 0 radical (unpaired) electrons. The maximum absolute atomic E-state index is 2.78. The fourth-order valence-corrected chi connectivity index (χ4v) is 3.08. The van der Waals surface area contributed by atoms with Crippen LogP contribution in [0.3, 0.4) is 0 Å². The van der Waals surface area contributed by atoms with Crippen molar-refractivity contribution in [1.82, 2.24) is 9.80 Å². The minimum Gasteiger partial charge on any atom is -0.302 e. The van der Waals surface area contributed by atoms with Gasteiger partial charge in [-0.05, 0) is 45.4 Å². The lowest BCUT2D eigenvalue weighted by Crippen LogP contribution is -2.47. The van der Waals surface area contributed by atoms with E-state index in [1.165, 1.54) is 77.7 Å². The second-order valence-corrected chi connectivity index (χ2v) is 5.73. The van der Waals surface area contributed by atoms with Gasteiger partial charge in [-0.15, -0.1) is 0 Å².